The van der Waals surface area contributed by atoms with E-state index in [1.54, 1.807) is 0 Å². The fraction of sp³-hybridized carbons (Fsp3) is 0.647. The van der Waals surface area contributed by atoms with Gasteiger partial charge in [-0.2, -0.15) is 0 Å². The van der Waals surface area contributed by atoms with Crippen LogP contribution in [0.5, 0.6) is 0 Å². The summed E-state index contributed by atoms with van der Waals surface area (Å²) in [5.41, 5.74) is 1.59. The monoisotopic (exact) mass is 262 g/mol. The molecule has 0 saturated carbocycles. The van der Waals surface area contributed by atoms with E-state index in [0.29, 0.717) is 5.92 Å². The van der Waals surface area contributed by atoms with Crippen LogP contribution in [0.15, 0.2) is 30.3 Å². The summed E-state index contributed by atoms with van der Waals surface area (Å²) in [7, 11) is 2.20. The third kappa shape index (κ3) is 5.33. The van der Waals surface area contributed by atoms with Crippen LogP contribution in [0.2, 0.25) is 0 Å². The molecule has 0 fully saturated rings. The van der Waals surface area contributed by atoms with Gasteiger partial charge in [-0.05, 0) is 31.6 Å². The molecule has 0 saturated heterocycles. The first-order valence-corrected chi connectivity index (χ1v) is 7.42. The van der Waals surface area contributed by atoms with Crippen molar-refractivity contribution >= 4 is 0 Å². The second-order valence-corrected chi connectivity index (χ2v) is 6.28. The van der Waals surface area contributed by atoms with Gasteiger partial charge in [0.25, 0.3) is 0 Å². The second kappa shape index (κ2) is 7.66. The predicted octanol–water partition coefficient (Wildman–Crippen LogP) is 3.14. The summed E-state index contributed by atoms with van der Waals surface area (Å²) in [6.45, 7) is 13.4. The van der Waals surface area contributed by atoms with Gasteiger partial charge in [-0.1, -0.05) is 58.0 Å². The van der Waals surface area contributed by atoms with E-state index in [9.17, 15) is 0 Å². The smallest absolute Gasteiger partial charge is 0.0176 e. The van der Waals surface area contributed by atoms with Crippen LogP contribution >= 0.6 is 0 Å². The maximum Gasteiger partial charge on any atom is 0.0176 e. The Labute approximate surface area is 119 Å². The molecule has 2 heteroatoms. The van der Waals surface area contributed by atoms with Gasteiger partial charge in [0.2, 0.25) is 0 Å². The number of hydrogen-bond donors (Lipinski definition) is 1. The van der Waals surface area contributed by atoms with Crippen LogP contribution in [0.4, 0.5) is 0 Å². The third-order valence-corrected chi connectivity index (χ3v) is 3.70. The van der Waals surface area contributed by atoms with Crippen molar-refractivity contribution in [2.75, 3.05) is 33.2 Å². The molecule has 108 valence electrons. The van der Waals surface area contributed by atoms with Crippen molar-refractivity contribution in [2.45, 2.75) is 33.1 Å². The van der Waals surface area contributed by atoms with E-state index in [1.165, 1.54) is 5.56 Å². The van der Waals surface area contributed by atoms with E-state index in [0.717, 1.165) is 26.2 Å². The topological polar surface area (TPSA) is 15.3 Å². The highest BCUT2D eigenvalue weighted by Gasteiger charge is 2.27. The van der Waals surface area contributed by atoms with Gasteiger partial charge in [0, 0.05) is 18.5 Å². The number of likely N-dealkylation sites (N-methyl/N-ethyl adjacent to an activating group) is 1. The van der Waals surface area contributed by atoms with E-state index in [4.69, 9.17) is 0 Å². The SMILES string of the molecule is CCN(C)CC(C)(CNCC(C)C)c1ccccc1. The number of rotatable bonds is 8. The number of nitrogens with zero attached hydrogens (tertiary/aromatic N) is 1. The van der Waals surface area contributed by atoms with E-state index < -0.39 is 0 Å². The molecular formula is C17H30N2. The molecule has 0 amide bonds. The van der Waals surface area contributed by atoms with Crippen LogP contribution in [0, 0.1) is 5.92 Å². The Morgan fingerprint density at radius 3 is 2.37 bits per heavy atom. The summed E-state index contributed by atoms with van der Waals surface area (Å²) in [4.78, 5) is 2.39. The first-order valence-electron chi connectivity index (χ1n) is 7.42. The largest absolute Gasteiger partial charge is 0.316 e. The minimum absolute atomic E-state index is 0.168. The molecule has 19 heavy (non-hydrogen) atoms. The van der Waals surface area contributed by atoms with Gasteiger partial charge in [-0.15, -0.1) is 0 Å². The normalized spacial score (nSPS) is 14.9. The molecule has 0 aromatic heterocycles. The Kier molecular flexibility index (Phi) is 6.53. The Morgan fingerprint density at radius 1 is 1.21 bits per heavy atom. The molecular weight excluding hydrogens is 232 g/mol. The van der Waals surface area contributed by atoms with Gasteiger partial charge in [-0.25, -0.2) is 0 Å². The van der Waals surface area contributed by atoms with Crippen LogP contribution in [-0.4, -0.2) is 38.1 Å². The first-order chi connectivity index (χ1) is 8.98. The molecule has 0 bridgehead atoms. The maximum absolute atomic E-state index is 3.63. The summed E-state index contributed by atoms with van der Waals surface area (Å²) >= 11 is 0. The third-order valence-electron chi connectivity index (χ3n) is 3.70. The molecule has 2 nitrogen and oxygen atoms in total. The Balaban J connectivity index is 2.78. The molecule has 0 aliphatic rings. The predicted molar refractivity (Wildman–Crippen MR) is 84.7 cm³/mol. The van der Waals surface area contributed by atoms with Gasteiger partial charge in [0.05, 0.1) is 0 Å². The van der Waals surface area contributed by atoms with Crippen LogP contribution in [0.3, 0.4) is 0 Å². The zero-order valence-electron chi connectivity index (χ0n) is 13.2. The fourth-order valence-corrected chi connectivity index (χ4v) is 2.43. The molecule has 1 rings (SSSR count). The lowest BCUT2D eigenvalue weighted by atomic mass is 9.81. The first kappa shape index (κ1) is 16.2. The number of benzene rings is 1. The van der Waals surface area contributed by atoms with Crippen molar-refractivity contribution in [2.24, 2.45) is 5.92 Å². The van der Waals surface area contributed by atoms with Crippen LogP contribution in [0.1, 0.15) is 33.3 Å². The summed E-state index contributed by atoms with van der Waals surface area (Å²) < 4.78 is 0. The zero-order chi connectivity index (χ0) is 14.3. The Hall–Kier alpha value is -0.860. The van der Waals surface area contributed by atoms with Gasteiger partial charge >= 0.3 is 0 Å². The van der Waals surface area contributed by atoms with E-state index in [2.05, 4.69) is 75.3 Å². The number of nitrogens with one attached hydrogen (secondary N) is 1. The van der Waals surface area contributed by atoms with Crippen LogP contribution < -0.4 is 5.32 Å². The van der Waals surface area contributed by atoms with E-state index >= 15 is 0 Å². The molecule has 1 N–H and O–H groups in total. The summed E-state index contributed by atoms with van der Waals surface area (Å²) in [6, 6.07) is 10.9. The Bertz CT molecular complexity index is 348. The fourth-order valence-electron chi connectivity index (χ4n) is 2.43. The minimum Gasteiger partial charge on any atom is -0.316 e. The molecule has 1 aromatic carbocycles. The highest BCUT2D eigenvalue weighted by atomic mass is 15.1. The lowest BCUT2D eigenvalue weighted by molar-refractivity contribution is 0.257. The van der Waals surface area contributed by atoms with Crippen molar-refractivity contribution < 1.29 is 0 Å². The lowest BCUT2D eigenvalue weighted by Crippen LogP contribution is -2.45. The minimum atomic E-state index is 0.168. The molecule has 0 spiro atoms. The second-order valence-electron chi connectivity index (χ2n) is 6.28. The summed E-state index contributed by atoms with van der Waals surface area (Å²) in [6.07, 6.45) is 0. The highest BCUT2D eigenvalue weighted by Crippen LogP contribution is 2.24. The molecule has 0 radical (unpaired) electrons. The summed E-state index contributed by atoms with van der Waals surface area (Å²) in [5.74, 6) is 0.698. The molecule has 1 unspecified atom stereocenters. The van der Waals surface area contributed by atoms with Gasteiger partial charge in [0.1, 0.15) is 0 Å². The van der Waals surface area contributed by atoms with Crippen molar-refractivity contribution in [3.63, 3.8) is 0 Å². The average Bonchev–Trinajstić information content (AvgIpc) is 2.39. The maximum atomic E-state index is 3.63. The van der Waals surface area contributed by atoms with Gasteiger partial charge in [0.15, 0.2) is 0 Å². The molecule has 0 aliphatic heterocycles. The van der Waals surface area contributed by atoms with Crippen molar-refractivity contribution in [1.82, 2.24) is 10.2 Å². The molecule has 1 aromatic rings. The van der Waals surface area contributed by atoms with E-state index in [1.807, 2.05) is 0 Å². The van der Waals surface area contributed by atoms with E-state index in [-0.39, 0.29) is 5.41 Å². The quantitative estimate of drug-likeness (QED) is 0.774. The molecule has 0 heterocycles. The Morgan fingerprint density at radius 2 is 1.84 bits per heavy atom. The van der Waals surface area contributed by atoms with Crippen LogP contribution in [0.25, 0.3) is 0 Å². The zero-order valence-corrected chi connectivity index (χ0v) is 13.2. The van der Waals surface area contributed by atoms with Crippen molar-refractivity contribution in [3.8, 4) is 0 Å². The molecule has 0 aliphatic carbocycles. The number of hydrogen-bond acceptors (Lipinski definition) is 2. The van der Waals surface area contributed by atoms with Crippen LogP contribution in [-0.2, 0) is 5.41 Å². The highest BCUT2D eigenvalue weighted by molar-refractivity contribution is 5.25. The van der Waals surface area contributed by atoms with Crippen molar-refractivity contribution in [3.05, 3.63) is 35.9 Å². The average molecular weight is 262 g/mol. The van der Waals surface area contributed by atoms with Crippen molar-refractivity contribution in [1.29, 1.82) is 0 Å². The molecule has 1 atom stereocenters. The van der Waals surface area contributed by atoms with Gasteiger partial charge in [-0.3, -0.25) is 0 Å². The standard InChI is InChI=1S/C17H30N2/c1-6-19(5)14-17(4,13-18-12-15(2)3)16-10-8-7-9-11-16/h7-11,15,18H,6,12-14H2,1-5H3. The van der Waals surface area contributed by atoms with Gasteiger partial charge < -0.3 is 10.2 Å². The lowest BCUT2D eigenvalue weighted by Gasteiger charge is -2.34. The summed E-state index contributed by atoms with van der Waals surface area (Å²) in [5, 5.41) is 3.63.